The molecule has 2 aliphatic heterocycles. The van der Waals surface area contributed by atoms with E-state index in [0.29, 0.717) is 50.5 Å². The van der Waals surface area contributed by atoms with E-state index >= 15 is 0 Å². The van der Waals surface area contributed by atoms with Crippen LogP contribution in [0.3, 0.4) is 0 Å². The summed E-state index contributed by atoms with van der Waals surface area (Å²) in [4.78, 5) is 44.2. The molecule has 0 unspecified atom stereocenters. The van der Waals surface area contributed by atoms with Crippen molar-refractivity contribution in [1.29, 1.82) is 0 Å². The minimum Gasteiger partial charge on any atom is -0.328 e. The fourth-order valence-electron chi connectivity index (χ4n) is 6.19. The number of carbonyl (C=O) groups is 3. The minimum atomic E-state index is -0.734. The van der Waals surface area contributed by atoms with Gasteiger partial charge in [0.1, 0.15) is 6.29 Å². The average molecular weight is 632 g/mol. The van der Waals surface area contributed by atoms with Gasteiger partial charge in [0.2, 0.25) is 0 Å². The van der Waals surface area contributed by atoms with E-state index in [1.165, 1.54) is 5.56 Å². The third-order valence-electron chi connectivity index (χ3n) is 8.65. The van der Waals surface area contributed by atoms with E-state index in [2.05, 4.69) is 56.9 Å². The maximum absolute atomic E-state index is 13.3. The van der Waals surface area contributed by atoms with Gasteiger partial charge in [0, 0.05) is 49.8 Å². The number of hydrogen-bond acceptors (Lipinski definition) is 5. The first-order valence-corrected chi connectivity index (χ1v) is 16.0. The van der Waals surface area contributed by atoms with Gasteiger partial charge in [-0.05, 0) is 68.0 Å². The molecular weight excluding hydrogens is 590 g/mol. The lowest BCUT2D eigenvalue weighted by molar-refractivity contribution is -0.109. The SMILES string of the molecule is CC/C=C\C1=C(C)NC(=O)N(C2CCN(C(=O)N[C@@H](C=O)Cc3cc(Cl)c4[nH]ncc4c3CN(C)Cc3ccccc3)CC2)C1. The summed E-state index contributed by atoms with van der Waals surface area (Å²) in [5.41, 5.74) is 5.83. The number of allylic oxidation sites excluding steroid dienone is 2. The van der Waals surface area contributed by atoms with E-state index in [4.69, 9.17) is 11.6 Å². The summed E-state index contributed by atoms with van der Waals surface area (Å²) in [5, 5.41) is 14.5. The average Bonchev–Trinajstić information content (AvgIpc) is 3.54. The third kappa shape index (κ3) is 7.75. The summed E-state index contributed by atoms with van der Waals surface area (Å²) in [6.07, 6.45) is 9.28. The first kappa shape index (κ1) is 32.2. The zero-order chi connectivity index (χ0) is 31.9. The van der Waals surface area contributed by atoms with Gasteiger partial charge in [0.25, 0.3) is 0 Å². The Balaban J connectivity index is 1.23. The van der Waals surface area contributed by atoms with Gasteiger partial charge >= 0.3 is 12.1 Å². The highest BCUT2D eigenvalue weighted by Crippen LogP contribution is 2.30. The van der Waals surface area contributed by atoms with Crippen LogP contribution in [0.15, 0.2) is 66.0 Å². The smallest absolute Gasteiger partial charge is 0.322 e. The highest BCUT2D eigenvalue weighted by atomic mass is 35.5. The van der Waals surface area contributed by atoms with E-state index in [9.17, 15) is 14.4 Å². The zero-order valence-corrected chi connectivity index (χ0v) is 26.9. The molecule has 0 spiro atoms. The monoisotopic (exact) mass is 631 g/mol. The summed E-state index contributed by atoms with van der Waals surface area (Å²) < 4.78 is 0. The van der Waals surface area contributed by atoms with Crippen molar-refractivity contribution in [1.82, 2.24) is 35.5 Å². The second-order valence-corrected chi connectivity index (χ2v) is 12.4. The molecule has 1 aromatic heterocycles. The van der Waals surface area contributed by atoms with Crippen molar-refractivity contribution in [3.05, 3.63) is 87.7 Å². The van der Waals surface area contributed by atoms with Gasteiger partial charge in [-0.2, -0.15) is 5.10 Å². The quantitative estimate of drug-likeness (QED) is 0.245. The van der Waals surface area contributed by atoms with Gasteiger partial charge in [-0.25, -0.2) is 9.59 Å². The highest BCUT2D eigenvalue weighted by molar-refractivity contribution is 6.35. The Labute approximate surface area is 269 Å². The zero-order valence-electron chi connectivity index (χ0n) is 26.2. The Kier molecular flexibility index (Phi) is 10.6. The minimum absolute atomic E-state index is 0.0355. The molecule has 5 rings (SSSR count). The lowest BCUT2D eigenvalue weighted by Gasteiger charge is -2.40. The van der Waals surface area contributed by atoms with Crippen LogP contribution in [-0.2, 0) is 24.3 Å². The number of aromatic amines is 1. The van der Waals surface area contributed by atoms with Crippen LogP contribution in [0.25, 0.3) is 10.9 Å². The van der Waals surface area contributed by atoms with Crippen LogP contribution < -0.4 is 10.6 Å². The predicted molar refractivity (Wildman–Crippen MR) is 177 cm³/mol. The topological polar surface area (TPSA) is 114 Å². The Bertz CT molecular complexity index is 1580. The number of fused-ring (bicyclic) bond motifs is 1. The second kappa shape index (κ2) is 14.8. The summed E-state index contributed by atoms with van der Waals surface area (Å²) in [5.74, 6) is 0. The van der Waals surface area contributed by atoms with Gasteiger partial charge in [-0.15, -0.1) is 0 Å². The number of aromatic nitrogens is 2. The number of rotatable bonds is 11. The van der Waals surface area contributed by atoms with E-state index < -0.39 is 6.04 Å². The van der Waals surface area contributed by atoms with E-state index in [1.54, 1.807) is 11.1 Å². The number of nitrogens with one attached hydrogen (secondary N) is 3. The maximum Gasteiger partial charge on any atom is 0.322 e. The van der Waals surface area contributed by atoms with Crippen LogP contribution in [0.1, 0.15) is 49.8 Å². The number of nitrogens with zero attached hydrogens (tertiary/aromatic N) is 4. The number of amides is 4. The highest BCUT2D eigenvalue weighted by Gasteiger charge is 2.33. The number of benzene rings is 2. The first-order chi connectivity index (χ1) is 21.8. The van der Waals surface area contributed by atoms with E-state index in [0.717, 1.165) is 52.6 Å². The molecule has 45 heavy (non-hydrogen) atoms. The van der Waals surface area contributed by atoms with Crippen LogP contribution in [0, 0.1) is 0 Å². The Hall–Kier alpha value is -4.15. The van der Waals surface area contributed by atoms with Crippen LogP contribution >= 0.6 is 11.6 Å². The van der Waals surface area contributed by atoms with Crippen LogP contribution in [0.4, 0.5) is 9.59 Å². The van der Waals surface area contributed by atoms with Gasteiger partial charge in [-0.1, -0.05) is 61.0 Å². The second-order valence-electron chi connectivity index (χ2n) is 11.9. The standard InChI is InChI=1S/C34H42ClN7O3/c1-4-5-11-25-20-42(34(45)37-23(25)2)28-12-14-41(15-13-28)33(44)38-27(22-43)16-26-17-31(35)32-29(18-36-39-32)30(26)21-40(3)19-24-9-7-6-8-10-24/h5-11,17-18,22,27-28H,4,12-16,19-21H2,1-3H3,(H,36,39)(H,37,45)(H,38,44)/b11-5-/t27-/m1/s1. The van der Waals surface area contributed by atoms with Crippen molar-refractivity contribution >= 4 is 40.9 Å². The van der Waals surface area contributed by atoms with Crippen molar-refractivity contribution in [3.8, 4) is 0 Å². The van der Waals surface area contributed by atoms with Crippen molar-refractivity contribution in [2.75, 3.05) is 26.7 Å². The van der Waals surface area contributed by atoms with Gasteiger partial charge < -0.3 is 25.2 Å². The number of hydrogen-bond donors (Lipinski definition) is 3. The van der Waals surface area contributed by atoms with Crippen LogP contribution in [0.5, 0.6) is 0 Å². The molecule has 0 saturated carbocycles. The van der Waals surface area contributed by atoms with Crippen molar-refractivity contribution < 1.29 is 14.4 Å². The molecule has 0 radical (unpaired) electrons. The largest absolute Gasteiger partial charge is 0.328 e. The molecular formula is C34H42ClN7O3. The number of urea groups is 2. The normalized spacial score (nSPS) is 17.0. The molecule has 3 heterocycles. The number of H-pyrrole nitrogens is 1. The number of carbonyl (C=O) groups excluding carboxylic acids is 3. The van der Waals surface area contributed by atoms with Crippen molar-refractivity contribution in [2.24, 2.45) is 0 Å². The summed E-state index contributed by atoms with van der Waals surface area (Å²) in [6.45, 7) is 6.92. The molecule has 0 bridgehead atoms. The lowest BCUT2D eigenvalue weighted by Crippen LogP contribution is -2.55. The molecule has 3 aromatic rings. The fraction of sp³-hybridized carbons (Fsp3) is 0.412. The molecule has 1 saturated heterocycles. The Morgan fingerprint density at radius 3 is 2.69 bits per heavy atom. The summed E-state index contributed by atoms with van der Waals surface area (Å²) in [6, 6.07) is 11.0. The number of halogens is 1. The molecule has 2 aromatic carbocycles. The fourth-order valence-corrected chi connectivity index (χ4v) is 6.47. The molecule has 3 N–H and O–H groups in total. The number of aldehydes is 1. The van der Waals surface area contributed by atoms with Crippen molar-refractivity contribution in [3.63, 3.8) is 0 Å². The summed E-state index contributed by atoms with van der Waals surface area (Å²) in [7, 11) is 2.05. The molecule has 0 aliphatic carbocycles. The predicted octanol–water partition coefficient (Wildman–Crippen LogP) is 5.40. The molecule has 238 valence electrons. The third-order valence-corrected chi connectivity index (χ3v) is 8.95. The van der Waals surface area contributed by atoms with Gasteiger partial charge in [0.05, 0.1) is 22.8 Å². The van der Waals surface area contributed by atoms with Crippen LogP contribution in [0.2, 0.25) is 5.02 Å². The molecule has 2 aliphatic rings. The van der Waals surface area contributed by atoms with E-state index in [-0.39, 0.29) is 18.1 Å². The molecule has 11 heteroatoms. The lowest BCUT2D eigenvalue weighted by atomic mass is 9.97. The summed E-state index contributed by atoms with van der Waals surface area (Å²) >= 11 is 6.62. The Morgan fingerprint density at radius 1 is 1.22 bits per heavy atom. The maximum atomic E-state index is 13.3. The number of likely N-dealkylation sites (tertiary alicyclic amines) is 1. The first-order valence-electron chi connectivity index (χ1n) is 15.6. The van der Waals surface area contributed by atoms with E-state index in [1.807, 2.05) is 43.1 Å². The van der Waals surface area contributed by atoms with Gasteiger partial charge in [0.15, 0.2) is 0 Å². The van der Waals surface area contributed by atoms with Gasteiger partial charge in [-0.3, -0.25) is 10.00 Å². The Morgan fingerprint density at radius 2 is 1.98 bits per heavy atom. The van der Waals surface area contributed by atoms with Crippen LogP contribution in [-0.4, -0.2) is 82.0 Å². The molecule has 4 amide bonds. The molecule has 1 fully saturated rings. The molecule has 10 nitrogen and oxygen atoms in total. The molecule has 1 atom stereocenters. The number of piperidine rings is 1. The van der Waals surface area contributed by atoms with Crippen molar-refractivity contribution in [2.45, 2.75) is 64.7 Å².